The number of nitrogens with zero attached hydrogens (tertiary/aromatic N) is 1. The molecular formula is C16H10N2O4S. The maximum Gasteiger partial charge on any atom is 0.214 e. The topological polar surface area (TPSA) is 100 Å². The van der Waals surface area contributed by atoms with Gasteiger partial charge in [-0.05, 0) is 18.0 Å². The molecule has 2 aromatic carbocycles. The molecule has 2 N–H and O–H groups in total. The Morgan fingerprint density at radius 3 is 2.13 bits per heavy atom. The molecule has 0 fully saturated rings. The molecule has 1 heterocycles. The van der Waals surface area contributed by atoms with E-state index in [2.05, 4.69) is 15.8 Å². The van der Waals surface area contributed by atoms with E-state index in [4.69, 9.17) is 0 Å². The third kappa shape index (κ3) is 1.94. The van der Waals surface area contributed by atoms with Crippen LogP contribution in [-0.4, -0.2) is 36.2 Å². The van der Waals surface area contributed by atoms with Crippen LogP contribution in [0.5, 0.6) is 0 Å². The molecule has 0 saturated heterocycles. The summed E-state index contributed by atoms with van der Waals surface area (Å²) in [5, 5.41) is -0.188. The highest BCUT2D eigenvalue weighted by atomic mass is 32.2. The van der Waals surface area contributed by atoms with E-state index in [-0.39, 0.29) is 27.8 Å². The summed E-state index contributed by atoms with van der Waals surface area (Å²) in [7, 11) is -3.51. The van der Waals surface area contributed by atoms with Gasteiger partial charge in [-0.3, -0.25) is 9.59 Å². The molecular weight excluding hydrogens is 316 g/mol. The maximum absolute atomic E-state index is 12.6. The molecule has 1 unspecified atom stereocenters. The van der Waals surface area contributed by atoms with Gasteiger partial charge in [0.15, 0.2) is 11.6 Å². The second kappa shape index (κ2) is 4.37. The monoisotopic (exact) mass is 326 g/mol. The van der Waals surface area contributed by atoms with Crippen molar-refractivity contribution in [2.24, 2.45) is 0 Å². The molecule has 1 aliphatic carbocycles. The van der Waals surface area contributed by atoms with Gasteiger partial charge >= 0.3 is 0 Å². The molecule has 4 rings (SSSR count). The molecule has 6 nitrogen and oxygen atoms in total. The second-order valence-corrected chi connectivity index (χ2v) is 6.97. The van der Waals surface area contributed by atoms with Crippen molar-refractivity contribution in [2.75, 3.05) is 0 Å². The summed E-state index contributed by atoms with van der Waals surface area (Å²) in [6.45, 7) is 0. The highest BCUT2D eigenvalue weighted by Gasteiger charge is 2.30. The average Bonchev–Trinajstić information content (AvgIpc) is 2.94. The minimum Gasteiger partial charge on any atom is -0.329 e. The number of hydrogen-bond donors (Lipinski definition) is 2. The number of ketones is 2. The smallest absolute Gasteiger partial charge is 0.214 e. The molecule has 3 aromatic rings. The molecule has 0 spiro atoms. The highest BCUT2D eigenvalue weighted by molar-refractivity contribution is 7.94. The zero-order valence-electron chi connectivity index (χ0n) is 11.7. The van der Waals surface area contributed by atoms with Crippen LogP contribution in [0.4, 0.5) is 0 Å². The van der Waals surface area contributed by atoms with Crippen LogP contribution in [0.25, 0.3) is 11.0 Å². The van der Waals surface area contributed by atoms with Gasteiger partial charge < -0.3 is 9.54 Å². The lowest BCUT2D eigenvalue weighted by Crippen LogP contribution is -2.20. The van der Waals surface area contributed by atoms with Crippen LogP contribution < -0.4 is 0 Å². The molecule has 1 atom stereocenters. The molecule has 0 bridgehead atoms. The Kier molecular flexibility index (Phi) is 2.64. The molecule has 1 aliphatic rings. The van der Waals surface area contributed by atoms with Crippen LogP contribution >= 0.6 is 0 Å². The molecule has 0 radical (unpaired) electrons. The van der Waals surface area contributed by atoms with Gasteiger partial charge in [-0.1, -0.05) is 24.3 Å². The Morgan fingerprint density at radius 2 is 1.57 bits per heavy atom. The lowest BCUT2D eigenvalue weighted by atomic mass is 9.84. The van der Waals surface area contributed by atoms with Crippen LogP contribution in [0.1, 0.15) is 31.8 Å². The number of carbonyl (C=O) groups excluding carboxylic acids is 2. The van der Waals surface area contributed by atoms with Crippen LogP contribution in [0.3, 0.4) is 0 Å². The number of carbonyl (C=O) groups is 2. The predicted molar refractivity (Wildman–Crippen MR) is 85.6 cm³/mol. The first-order chi connectivity index (χ1) is 10.9. The molecule has 0 saturated carbocycles. The molecule has 0 aliphatic heterocycles. The third-order valence-corrected chi connectivity index (χ3v) is 4.60. The van der Waals surface area contributed by atoms with Gasteiger partial charge in [0.2, 0.25) is 5.16 Å². The Morgan fingerprint density at radius 1 is 1.00 bits per heavy atom. The molecule has 7 heteroatoms. The van der Waals surface area contributed by atoms with E-state index in [1.54, 1.807) is 24.3 Å². The lowest BCUT2D eigenvalue weighted by molar-refractivity contribution is 0.0979. The molecule has 0 amide bonds. The van der Waals surface area contributed by atoms with Crippen molar-refractivity contribution in [3.05, 3.63) is 58.7 Å². The Hall–Kier alpha value is -2.77. The van der Waals surface area contributed by atoms with E-state index >= 15 is 0 Å². The number of aromatic amines is 1. The van der Waals surface area contributed by atoms with E-state index in [1.165, 1.54) is 12.1 Å². The van der Waals surface area contributed by atoms with E-state index in [9.17, 15) is 18.4 Å². The van der Waals surface area contributed by atoms with Gasteiger partial charge in [-0.15, -0.1) is 0 Å². The van der Waals surface area contributed by atoms with Crippen LogP contribution in [0, 0.1) is 0 Å². The summed E-state index contributed by atoms with van der Waals surface area (Å²) in [5.74, 6) is 2.63. The zero-order chi connectivity index (χ0) is 16.4. The van der Waals surface area contributed by atoms with Crippen LogP contribution in [0.2, 0.25) is 0 Å². The van der Waals surface area contributed by atoms with Crippen LogP contribution in [0.15, 0.2) is 41.6 Å². The predicted octanol–water partition coefficient (Wildman–Crippen LogP) is 1.89. The first-order valence-corrected chi connectivity index (χ1v) is 8.36. The third-order valence-electron chi connectivity index (χ3n) is 3.81. The van der Waals surface area contributed by atoms with E-state index in [0.717, 1.165) is 0 Å². The minimum absolute atomic E-state index is 0.188. The van der Waals surface area contributed by atoms with Crippen molar-refractivity contribution < 1.29 is 18.4 Å². The van der Waals surface area contributed by atoms with E-state index in [0.29, 0.717) is 22.2 Å². The summed E-state index contributed by atoms with van der Waals surface area (Å²) in [4.78, 5) is 31.9. The summed E-state index contributed by atoms with van der Waals surface area (Å²) in [6.07, 6.45) is 0. The van der Waals surface area contributed by atoms with Gasteiger partial charge in [0, 0.05) is 22.3 Å². The van der Waals surface area contributed by atoms with Crippen molar-refractivity contribution in [3.8, 4) is 0 Å². The average molecular weight is 326 g/mol. The Balaban J connectivity index is 2.02. The van der Waals surface area contributed by atoms with Gasteiger partial charge in [0.25, 0.3) is 0 Å². The minimum atomic E-state index is -3.51. The van der Waals surface area contributed by atoms with Crippen molar-refractivity contribution in [2.45, 2.75) is 5.16 Å². The van der Waals surface area contributed by atoms with E-state index < -0.39 is 9.80 Å². The number of imidazole rings is 1. The van der Waals surface area contributed by atoms with Crippen molar-refractivity contribution in [3.63, 3.8) is 0 Å². The van der Waals surface area contributed by atoms with Crippen molar-refractivity contribution >= 4 is 38.3 Å². The number of rotatable bonds is 1. The molecule has 114 valence electrons. The SMILES string of the molecule is C=S(=O)(O)c1nc2cc3c(cc2[nH]1)C(=O)c1ccccc1C3=O. The zero-order valence-corrected chi connectivity index (χ0v) is 12.5. The second-order valence-electron chi connectivity index (χ2n) is 5.30. The number of fused-ring (bicyclic) bond motifs is 3. The summed E-state index contributed by atoms with van der Waals surface area (Å²) < 4.78 is 21.1. The summed E-state index contributed by atoms with van der Waals surface area (Å²) in [5.41, 5.74) is 1.95. The van der Waals surface area contributed by atoms with Crippen molar-refractivity contribution in [1.82, 2.24) is 9.97 Å². The first kappa shape index (κ1) is 13.9. The Labute approximate surface area is 131 Å². The first-order valence-electron chi connectivity index (χ1n) is 6.68. The number of hydrogen-bond acceptors (Lipinski definition) is 4. The number of nitrogens with one attached hydrogen (secondary N) is 1. The number of benzene rings is 2. The summed E-state index contributed by atoms with van der Waals surface area (Å²) in [6, 6.07) is 9.57. The number of H-pyrrole nitrogens is 1. The van der Waals surface area contributed by atoms with Gasteiger partial charge in [0.05, 0.1) is 11.0 Å². The molecule has 23 heavy (non-hydrogen) atoms. The van der Waals surface area contributed by atoms with E-state index in [1.807, 2.05) is 0 Å². The largest absolute Gasteiger partial charge is 0.329 e. The highest BCUT2D eigenvalue weighted by Crippen LogP contribution is 2.30. The molecule has 1 aromatic heterocycles. The Bertz CT molecular complexity index is 1050. The van der Waals surface area contributed by atoms with Gasteiger partial charge in [0.1, 0.15) is 9.80 Å². The fourth-order valence-electron chi connectivity index (χ4n) is 2.73. The lowest BCUT2D eigenvalue weighted by Gasteiger charge is -2.16. The fraction of sp³-hybridized carbons (Fsp3) is 0. The quantitative estimate of drug-likeness (QED) is 0.520. The standard InChI is InChI=1S/C16H10N2O4S/c1-23(21,22)16-17-12-6-10-11(7-13(12)18-16)15(20)9-5-3-2-4-8(9)14(10)19/h2-7H,1H2,(H,17,18)(H,21,22). The summed E-state index contributed by atoms with van der Waals surface area (Å²) >= 11 is 0. The van der Waals surface area contributed by atoms with Gasteiger partial charge in [-0.25, -0.2) is 9.19 Å². The maximum atomic E-state index is 12.6. The van der Waals surface area contributed by atoms with Gasteiger partial charge in [-0.2, -0.15) is 0 Å². The van der Waals surface area contributed by atoms with Crippen molar-refractivity contribution in [1.29, 1.82) is 0 Å². The van der Waals surface area contributed by atoms with Crippen LogP contribution in [-0.2, 0) is 9.80 Å². The fourth-order valence-corrected chi connectivity index (χ4v) is 3.24. The normalized spacial score (nSPS) is 16.0. The number of aromatic nitrogens is 2.